The number of nitrogen functional groups attached to an aromatic ring is 1. The van der Waals surface area contributed by atoms with Crippen LogP contribution in [-0.2, 0) is 11.0 Å². The molecule has 0 heterocycles. The molecular weight excluding hydrogens is 279 g/mol. The highest BCUT2D eigenvalue weighted by atomic mass is 32.2. The van der Waals surface area contributed by atoms with Gasteiger partial charge in [-0.3, -0.25) is 10.2 Å². The van der Waals surface area contributed by atoms with E-state index in [9.17, 15) is 18.0 Å². The zero-order valence-electron chi connectivity index (χ0n) is 9.96. The Hall–Kier alpha value is -1.41. The van der Waals surface area contributed by atoms with Crippen molar-refractivity contribution in [1.29, 1.82) is 0 Å². The molecule has 0 aromatic heterocycles. The second kappa shape index (κ2) is 6.67. The second-order valence-corrected chi connectivity index (χ2v) is 4.91. The van der Waals surface area contributed by atoms with E-state index in [0.717, 1.165) is 12.1 Å². The number of carbonyl (C=O) groups is 1. The van der Waals surface area contributed by atoms with Crippen molar-refractivity contribution in [2.24, 2.45) is 5.84 Å². The van der Waals surface area contributed by atoms with Crippen LogP contribution in [0, 0.1) is 0 Å². The maximum Gasteiger partial charge on any atom is 0.416 e. The number of hydrogen-bond acceptors (Lipinski definition) is 4. The summed E-state index contributed by atoms with van der Waals surface area (Å²) in [4.78, 5) is 11.4. The Bertz CT molecular complexity index is 451. The van der Waals surface area contributed by atoms with Crippen molar-refractivity contribution in [3.63, 3.8) is 0 Å². The lowest BCUT2D eigenvalue weighted by molar-refractivity contribution is -0.137. The third kappa shape index (κ3) is 4.99. The Balaban J connectivity index is 2.54. The Labute approximate surface area is 112 Å². The minimum Gasteiger partial charge on any atom is -0.398 e. The highest BCUT2D eigenvalue weighted by Gasteiger charge is 2.30. The lowest BCUT2D eigenvalue weighted by Gasteiger charge is -2.10. The number of benzene rings is 1. The molecule has 1 aromatic carbocycles. The lowest BCUT2D eigenvalue weighted by atomic mass is 10.2. The van der Waals surface area contributed by atoms with Crippen molar-refractivity contribution in [1.82, 2.24) is 5.43 Å². The van der Waals surface area contributed by atoms with Gasteiger partial charge < -0.3 is 5.73 Å². The van der Waals surface area contributed by atoms with Gasteiger partial charge in [-0.15, -0.1) is 11.8 Å². The minimum absolute atomic E-state index is 0.0862. The second-order valence-electron chi connectivity index (χ2n) is 3.77. The number of anilines is 1. The first kappa shape index (κ1) is 15.6. The average Bonchev–Trinajstić information content (AvgIpc) is 2.34. The van der Waals surface area contributed by atoms with Crippen molar-refractivity contribution >= 4 is 23.4 Å². The normalized spacial score (nSPS) is 11.4. The molecule has 0 radical (unpaired) electrons. The van der Waals surface area contributed by atoms with Gasteiger partial charge in [0.1, 0.15) is 0 Å². The lowest BCUT2D eigenvalue weighted by Crippen LogP contribution is -2.29. The van der Waals surface area contributed by atoms with Crippen LogP contribution in [0.25, 0.3) is 0 Å². The Kier molecular flexibility index (Phi) is 5.49. The van der Waals surface area contributed by atoms with Crippen LogP contribution in [0.1, 0.15) is 18.4 Å². The number of hydrazine groups is 1. The number of thioether (sulfide) groups is 1. The molecule has 5 N–H and O–H groups in total. The smallest absolute Gasteiger partial charge is 0.398 e. The molecule has 0 fully saturated rings. The molecule has 0 bridgehead atoms. The molecule has 19 heavy (non-hydrogen) atoms. The summed E-state index contributed by atoms with van der Waals surface area (Å²) in [7, 11) is 0. The molecular formula is C11H14F3N3OS. The Morgan fingerprint density at radius 3 is 2.58 bits per heavy atom. The van der Waals surface area contributed by atoms with Gasteiger partial charge in [-0.05, 0) is 30.4 Å². The van der Waals surface area contributed by atoms with Gasteiger partial charge in [0.05, 0.1) is 5.56 Å². The van der Waals surface area contributed by atoms with Crippen molar-refractivity contribution in [2.45, 2.75) is 23.9 Å². The van der Waals surface area contributed by atoms with Gasteiger partial charge in [0, 0.05) is 17.0 Å². The highest BCUT2D eigenvalue weighted by Crippen LogP contribution is 2.34. The van der Waals surface area contributed by atoms with Crippen LogP contribution in [0.4, 0.5) is 18.9 Å². The molecule has 0 unspecified atom stereocenters. The van der Waals surface area contributed by atoms with Gasteiger partial charge in [-0.25, -0.2) is 5.84 Å². The topological polar surface area (TPSA) is 81.1 Å². The predicted molar refractivity (Wildman–Crippen MR) is 68.1 cm³/mol. The van der Waals surface area contributed by atoms with E-state index in [1.807, 2.05) is 5.43 Å². The van der Waals surface area contributed by atoms with E-state index in [-0.39, 0.29) is 18.0 Å². The van der Waals surface area contributed by atoms with Crippen LogP contribution < -0.4 is 17.0 Å². The van der Waals surface area contributed by atoms with E-state index in [1.165, 1.54) is 17.8 Å². The molecule has 0 atom stereocenters. The molecule has 0 saturated carbocycles. The van der Waals surface area contributed by atoms with Gasteiger partial charge >= 0.3 is 6.18 Å². The fourth-order valence-corrected chi connectivity index (χ4v) is 2.24. The first-order valence-electron chi connectivity index (χ1n) is 5.43. The maximum atomic E-state index is 12.4. The van der Waals surface area contributed by atoms with Gasteiger partial charge in [0.15, 0.2) is 0 Å². The maximum absolute atomic E-state index is 12.4. The molecule has 0 spiro atoms. The summed E-state index contributed by atoms with van der Waals surface area (Å²) in [5.74, 6) is 5.21. The van der Waals surface area contributed by atoms with E-state index in [2.05, 4.69) is 0 Å². The number of nitrogens with one attached hydrogen (secondary N) is 1. The van der Waals surface area contributed by atoms with Gasteiger partial charge in [0.25, 0.3) is 0 Å². The third-order valence-corrected chi connectivity index (χ3v) is 3.48. The van der Waals surface area contributed by atoms with E-state index < -0.39 is 11.7 Å². The molecule has 106 valence electrons. The number of carbonyl (C=O) groups excluding carboxylic acids is 1. The van der Waals surface area contributed by atoms with E-state index in [4.69, 9.17) is 11.6 Å². The van der Waals surface area contributed by atoms with Crippen LogP contribution in [0.5, 0.6) is 0 Å². The number of halogens is 3. The Morgan fingerprint density at radius 1 is 1.37 bits per heavy atom. The van der Waals surface area contributed by atoms with Gasteiger partial charge in [-0.2, -0.15) is 13.2 Å². The molecule has 1 aromatic rings. The number of rotatable bonds is 5. The summed E-state index contributed by atoms with van der Waals surface area (Å²) >= 11 is 1.31. The predicted octanol–water partition coefficient (Wildman–Crippen LogP) is 2.15. The van der Waals surface area contributed by atoms with Crippen LogP contribution in [-0.4, -0.2) is 11.7 Å². The zero-order valence-corrected chi connectivity index (χ0v) is 10.8. The van der Waals surface area contributed by atoms with Gasteiger partial charge in [0.2, 0.25) is 5.91 Å². The summed E-state index contributed by atoms with van der Waals surface area (Å²) in [6.07, 6.45) is -3.56. The van der Waals surface area contributed by atoms with Crippen molar-refractivity contribution in [3.8, 4) is 0 Å². The summed E-state index contributed by atoms with van der Waals surface area (Å²) in [5.41, 5.74) is 6.89. The molecule has 4 nitrogen and oxygen atoms in total. The molecule has 0 aliphatic carbocycles. The number of amides is 1. The van der Waals surface area contributed by atoms with E-state index in [1.54, 1.807) is 0 Å². The van der Waals surface area contributed by atoms with Crippen molar-refractivity contribution < 1.29 is 18.0 Å². The zero-order chi connectivity index (χ0) is 14.5. The third-order valence-electron chi connectivity index (χ3n) is 2.30. The Morgan fingerprint density at radius 2 is 2.05 bits per heavy atom. The summed E-state index contributed by atoms with van der Waals surface area (Å²) < 4.78 is 37.2. The minimum atomic E-state index is -4.39. The summed E-state index contributed by atoms with van der Waals surface area (Å²) in [5, 5.41) is 0. The number of alkyl halides is 3. The molecule has 1 rings (SSSR count). The van der Waals surface area contributed by atoms with Gasteiger partial charge in [-0.1, -0.05) is 0 Å². The van der Waals surface area contributed by atoms with Crippen LogP contribution in [0.3, 0.4) is 0 Å². The fraction of sp³-hybridized carbons (Fsp3) is 0.364. The van der Waals surface area contributed by atoms with E-state index in [0.29, 0.717) is 17.1 Å². The monoisotopic (exact) mass is 293 g/mol. The average molecular weight is 293 g/mol. The summed E-state index contributed by atoms with van der Waals surface area (Å²) in [6.45, 7) is 0. The molecule has 0 aliphatic heterocycles. The molecule has 0 saturated heterocycles. The van der Waals surface area contributed by atoms with Crippen molar-refractivity contribution in [2.75, 3.05) is 11.5 Å². The van der Waals surface area contributed by atoms with Crippen molar-refractivity contribution in [3.05, 3.63) is 23.8 Å². The number of nitrogens with two attached hydrogens (primary N) is 2. The van der Waals surface area contributed by atoms with Crippen LogP contribution in [0.15, 0.2) is 23.1 Å². The number of hydrogen-bond donors (Lipinski definition) is 3. The summed E-state index contributed by atoms with van der Waals surface area (Å²) in [6, 6.07) is 3.24. The molecule has 8 heteroatoms. The first-order valence-corrected chi connectivity index (χ1v) is 6.42. The largest absolute Gasteiger partial charge is 0.416 e. The van der Waals surface area contributed by atoms with E-state index >= 15 is 0 Å². The van der Waals surface area contributed by atoms with Crippen LogP contribution >= 0.6 is 11.8 Å². The fourth-order valence-electron chi connectivity index (χ4n) is 1.34. The molecule has 1 amide bonds. The highest BCUT2D eigenvalue weighted by molar-refractivity contribution is 7.99. The quantitative estimate of drug-likeness (QED) is 0.194. The SMILES string of the molecule is NNC(=O)CCCSc1ccc(C(F)(F)F)cc1N. The van der Waals surface area contributed by atoms with Crippen LogP contribution in [0.2, 0.25) is 0 Å². The standard InChI is InChI=1S/C11H14F3N3OS/c12-11(13,14)7-3-4-9(8(15)6-7)19-5-1-2-10(18)17-16/h3-4,6H,1-2,5,15-16H2,(H,17,18). The first-order chi connectivity index (χ1) is 8.84. The molecule has 0 aliphatic rings.